The lowest BCUT2D eigenvalue weighted by Crippen LogP contribution is -2.11. The van der Waals surface area contributed by atoms with E-state index in [1.807, 2.05) is 0 Å². The molecule has 0 amide bonds. The van der Waals surface area contributed by atoms with Gasteiger partial charge in [-0.05, 0) is 0 Å². The Balaban J connectivity index is 2.40. The molecule has 0 aromatic rings. The molecule has 0 aromatic carbocycles. The van der Waals surface area contributed by atoms with Crippen LogP contribution >= 0.6 is 11.8 Å². The highest BCUT2D eigenvalue weighted by Crippen LogP contribution is 2.21. The SMILES string of the molecule is CC(=O)S[C@@H]1CCOC1=O. The average Bonchev–Trinajstić information content (AvgIpc) is 2.15. The van der Waals surface area contributed by atoms with Crippen LogP contribution < -0.4 is 0 Å². The van der Waals surface area contributed by atoms with E-state index in [4.69, 9.17) is 0 Å². The summed E-state index contributed by atoms with van der Waals surface area (Å²) in [6, 6.07) is 0. The van der Waals surface area contributed by atoms with Crippen molar-refractivity contribution < 1.29 is 14.3 Å². The fourth-order valence-electron chi connectivity index (χ4n) is 0.785. The molecule has 0 radical (unpaired) electrons. The van der Waals surface area contributed by atoms with Crippen molar-refractivity contribution in [2.75, 3.05) is 6.61 Å². The number of hydrogen-bond acceptors (Lipinski definition) is 4. The van der Waals surface area contributed by atoms with E-state index in [0.29, 0.717) is 13.0 Å². The minimum atomic E-state index is -0.250. The van der Waals surface area contributed by atoms with E-state index in [2.05, 4.69) is 4.74 Å². The van der Waals surface area contributed by atoms with Gasteiger partial charge in [-0.25, -0.2) is 0 Å². The maximum absolute atomic E-state index is 10.7. The van der Waals surface area contributed by atoms with Crippen molar-refractivity contribution in [2.24, 2.45) is 0 Å². The first kappa shape index (κ1) is 7.60. The van der Waals surface area contributed by atoms with Crippen molar-refractivity contribution in [1.82, 2.24) is 0 Å². The maximum Gasteiger partial charge on any atom is 0.319 e. The lowest BCUT2D eigenvalue weighted by atomic mass is 10.4. The van der Waals surface area contributed by atoms with Gasteiger partial charge < -0.3 is 4.74 Å². The molecule has 0 aromatic heterocycles. The van der Waals surface area contributed by atoms with Crippen molar-refractivity contribution in [2.45, 2.75) is 18.6 Å². The number of cyclic esters (lactones) is 1. The van der Waals surface area contributed by atoms with Crippen LogP contribution in [0.1, 0.15) is 13.3 Å². The molecule has 0 unspecified atom stereocenters. The molecule has 3 nitrogen and oxygen atoms in total. The molecule has 4 heteroatoms. The summed E-state index contributed by atoms with van der Waals surface area (Å²) in [7, 11) is 0. The molecular weight excluding hydrogens is 152 g/mol. The van der Waals surface area contributed by atoms with Crippen LogP contribution in [0.25, 0.3) is 0 Å². The Bertz CT molecular complexity index is 166. The van der Waals surface area contributed by atoms with Gasteiger partial charge in [0.15, 0.2) is 5.12 Å². The highest BCUT2D eigenvalue weighted by atomic mass is 32.2. The summed E-state index contributed by atoms with van der Waals surface area (Å²) in [4.78, 5) is 21.2. The minimum Gasteiger partial charge on any atom is -0.465 e. The van der Waals surface area contributed by atoms with Crippen LogP contribution in [0.15, 0.2) is 0 Å². The van der Waals surface area contributed by atoms with Gasteiger partial charge in [0.25, 0.3) is 0 Å². The zero-order valence-electron chi connectivity index (χ0n) is 5.62. The monoisotopic (exact) mass is 160 g/mol. The van der Waals surface area contributed by atoms with Gasteiger partial charge in [-0.3, -0.25) is 9.59 Å². The zero-order valence-corrected chi connectivity index (χ0v) is 6.44. The van der Waals surface area contributed by atoms with Crippen molar-refractivity contribution in [3.63, 3.8) is 0 Å². The van der Waals surface area contributed by atoms with Gasteiger partial charge in [0, 0.05) is 13.3 Å². The molecule has 0 bridgehead atoms. The number of hydrogen-bond donors (Lipinski definition) is 0. The maximum atomic E-state index is 10.7. The molecule has 1 saturated heterocycles. The number of carbonyl (C=O) groups is 2. The van der Waals surface area contributed by atoms with Gasteiger partial charge in [0.05, 0.1) is 6.61 Å². The predicted molar refractivity (Wildman–Crippen MR) is 37.6 cm³/mol. The Morgan fingerprint density at radius 3 is 2.90 bits per heavy atom. The summed E-state index contributed by atoms with van der Waals surface area (Å²) >= 11 is 1.06. The van der Waals surface area contributed by atoms with Gasteiger partial charge in [0.2, 0.25) is 0 Å². The van der Waals surface area contributed by atoms with E-state index in [9.17, 15) is 9.59 Å². The van der Waals surface area contributed by atoms with Gasteiger partial charge in [0.1, 0.15) is 5.25 Å². The second kappa shape index (κ2) is 3.05. The molecule has 10 heavy (non-hydrogen) atoms. The van der Waals surface area contributed by atoms with Crippen LogP contribution in [0.5, 0.6) is 0 Å². The average molecular weight is 160 g/mol. The molecule has 0 spiro atoms. The van der Waals surface area contributed by atoms with Crippen LogP contribution in [0.2, 0.25) is 0 Å². The van der Waals surface area contributed by atoms with Crippen molar-refractivity contribution >= 4 is 22.8 Å². The van der Waals surface area contributed by atoms with Gasteiger partial charge in [-0.15, -0.1) is 0 Å². The first-order chi connectivity index (χ1) is 4.70. The minimum absolute atomic E-state index is 0.0242. The third-order valence-electron chi connectivity index (χ3n) is 1.20. The molecule has 56 valence electrons. The van der Waals surface area contributed by atoms with Crippen LogP contribution in [-0.4, -0.2) is 22.9 Å². The second-order valence-electron chi connectivity index (χ2n) is 2.05. The summed E-state index contributed by atoms with van der Waals surface area (Å²) in [6.07, 6.45) is 0.670. The van der Waals surface area contributed by atoms with Gasteiger partial charge >= 0.3 is 5.97 Å². The van der Waals surface area contributed by atoms with Crippen LogP contribution in [0, 0.1) is 0 Å². The number of ether oxygens (including phenoxy) is 1. The highest BCUT2D eigenvalue weighted by molar-refractivity contribution is 8.14. The number of carbonyl (C=O) groups excluding carboxylic acids is 2. The van der Waals surface area contributed by atoms with E-state index in [-0.39, 0.29) is 16.3 Å². The smallest absolute Gasteiger partial charge is 0.319 e. The first-order valence-electron chi connectivity index (χ1n) is 3.04. The van der Waals surface area contributed by atoms with Crippen molar-refractivity contribution in [1.29, 1.82) is 0 Å². The lowest BCUT2D eigenvalue weighted by molar-refractivity contribution is -0.137. The molecule has 0 aliphatic carbocycles. The molecule has 1 aliphatic heterocycles. The summed E-state index contributed by atoms with van der Waals surface area (Å²) in [5.74, 6) is -0.250. The molecule has 0 saturated carbocycles. The topological polar surface area (TPSA) is 43.4 Å². The summed E-state index contributed by atoms with van der Waals surface area (Å²) in [6.45, 7) is 1.92. The fraction of sp³-hybridized carbons (Fsp3) is 0.667. The lowest BCUT2D eigenvalue weighted by Gasteiger charge is -1.98. The Kier molecular flexibility index (Phi) is 2.32. The van der Waals surface area contributed by atoms with E-state index in [1.165, 1.54) is 6.92 Å². The Morgan fingerprint density at radius 1 is 1.80 bits per heavy atom. The van der Waals surface area contributed by atoms with Crippen LogP contribution in [-0.2, 0) is 14.3 Å². The van der Waals surface area contributed by atoms with Crippen LogP contribution in [0.3, 0.4) is 0 Å². The molecule has 1 atom stereocenters. The normalized spacial score (nSPS) is 24.5. The molecule has 1 fully saturated rings. The zero-order chi connectivity index (χ0) is 7.56. The first-order valence-corrected chi connectivity index (χ1v) is 3.92. The number of thioether (sulfide) groups is 1. The Morgan fingerprint density at radius 2 is 2.50 bits per heavy atom. The highest BCUT2D eigenvalue weighted by Gasteiger charge is 2.27. The summed E-state index contributed by atoms with van der Waals surface area (Å²) in [5, 5.41) is -0.263. The molecular formula is C6H8O3S. The van der Waals surface area contributed by atoms with Crippen molar-refractivity contribution in [3.05, 3.63) is 0 Å². The second-order valence-corrected chi connectivity index (χ2v) is 3.43. The van der Waals surface area contributed by atoms with E-state index in [0.717, 1.165) is 11.8 Å². The van der Waals surface area contributed by atoms with Gasteiger partial charge in [-0.1, -0.05) is 11.8 Å². The third-order valence-corrected chi connectivity index (χ3v) is 2.24. The molecule has 1 heterocycles. The predicted octanol–water partition coefficient (Wildman–Crippen LogP) is 0.582. The van der Waals surface area contributed by atoms with Crippen LogP contribution in [0.4, 0.5) is 0 Å². The quantitative estimate of drug-likeness (QED) is 0.526. The van der Waals surface area contributed by atoms with E-state index in [1.54, 1.807) is 0 Å². The third kappa shape index (κ3) is 1.73. The molecule has 0 N–H and O–H groups in total. The standard InChI is InChI=1S/C6H8O3S/c1-4(7)10-5-2-3-9-6(5)8/h5H,2-3H2,1H3/t5-/m1/s1. The number of esters is 1. The Hall–Kier alpha value is -0.510. The molecule has 1 rings (SSSR count). The Labute approximate surface area is 63.1 Å². The number of rotatable bonds is 1. The largest absolute Gasteiger partial charge is 0.465 e. The van der Waals surface area contributed by atoms with E-state index >= 15 is 0 Å². The van der Waals surface area contributed by atoms with E-state index < -0.39 is 0 Å². The summed E-state index contributed by atoms with van der Waals surface area (Å²) < 4.78 is 4.65. The van der Waals surface area contributed by atoms with Crippen molar-refractivity contribution in [3.8, 4) is 0 Å². The van der Waals surface area contributed by atoms with Gasteiger partial charge in [-0.2, -0.15) is 0 Å². The molecule has 1 aliphatic rings. The summed E-state index contributed by atoms with van der Waals surface area (Å²) in [5.41, 5.74) is 0. The fourth-order valence-corrected chi connectivity index (χ4v) is 1.56.